The van der Waals surface area contributed by atoms with Gasteiger partial charge in [0.05, 0.1) is 11.5 Å². The molecule has 1 rings (SSSR count). The highest BCUT2D eigenvalue weighted by molar-refractivity contribution is 8.00. The minimum Gasteiger partial charge on any atom is -0.381 e. The van der Waals surface area contributed by atoms with Crippen LogP contribution in [-0.2, 0) is 4.74 Å². The van der Waals surface area contributed by atoms with Gasteiger partial charge in [-0.05, 0) is 19.9 Å². The normalized spacial score (nSPS) is 39.0. The second-order valence-corrected chi connectivity index (χ2v) is 4.70. The second kappa shape index (κ2) is 4.33. The fourth-order valence-electron chi connectivity index (χ4n) is 1.48. The van der Waals surface area contributed by atoms with Crippen LogP contribution in [0.15, 0.2) is 0 Å². The minimum atomic E-state index is 0.462. The van der Waals surface area contributed by atoms with Crippen molar-refractivity contribution in [3.63, 3.8) is 0 Å². The Hall–Kier alpha value is 0.270. The Balaban J connectivity index is 2.37. The van der Waals surface area contributed by atoms with Gasteiger partial charge in [-0.3, -0.25) is 0 Å². The molecular weight excluding hydrogens is 158 g/mol. The highest BCUT2D eigenvalue weighted by Gasteiger charge is 2.25. The third-order valence-corrected chi connectivity index (χ3v) is 3.54. The van der Waals surface area contributed by atoms with Crippen molar-refractivity contribution in [2.45, 2.75) is 36.5 Å². The van der Waals surface area contributed by atoms with E-state index in [0.29, 0.717) is 11.5 Å². The van der Waals surface area contributed by atoms with Gasteiger partial charge in [-0.1, -0.05) is 6.92 Å². The van der Waals surface area contributed by atoms with Gasteiger partial charge in [-0.15, -0.1) is 11.8 Å². The summed E-state index contributed by atoms with van der Waals surface area (Å²) in [6.07, 6.45) is 2.80. The maximum Gasteiger partial charge on any atom is 0.0604 e. The molecule has 0 spiro atoms. The molecule has 1 aliphatic rings. The number of hydrogen-bond donors (Lipinski definition) is 1. The number of rotatable bonds is 2. The molecule has 1 aliphatic heterocycles. The molecule has 1 N–H and O–H groups in total. The van der Waals surface area contributed by atoms with Crippen molar-refractivity contribution in [3.8, 4) is 0 Å². The van der Waals surface area contributed by atoms with E-state index >= 15 is 0 Å². The van der Waals surface area contributed by atoms with Crippen molar-refractivity contribution in [2.75, 3.05) is 14.2 Å². The number of methoxy groups -OCH3 is 1. The number of ether oxygens (including phenoxy) is 1. The van der Waals surface area contributed by atoms with E-state index in [1.807, 2.05) is 18.8 Å². The van der Waals surface area contributed by atoms with Gasteiger partial charge >= 0.3 is 0 Å². The van der Waals surface area contributed by atoms with Crippen LogP contribution in [0.1, 0.15) is 19.8 Å². The molecule has 66 valence electrons. The zero-order valence-corrected chi connectivity index (χ0v) is 8.28. The fraction of sp³-hybridized carbons (Fsp3) is 1.00. The molecule has 2 nitrogen and oxygen atoms in total. The van der Waals surface area contributed by atoms with E-state index in [2.05, 4.69) is 12.2 Å². The molecule has 1 saturated heterocycles. The van der Waals surface area contributed by atoms with Gasteiger partial charge in [-0.2, -0.15) is 0 Å². The lowest BCUT2D eigenvalue weighted by molar-refractivity contribution is 0.0828. The SMILES string of the molecule is CNC1CC(OC)CC(C)S1. The smallest absolute Gasteiger partial charge is 0.0604 e. The fourth-order valence-corrected chi connectivity index (χ4v) is 2.82. The third kappa shape index (κ3) is 2.65. The topological polar surface area (TPSA) is 21.3 Å². The summed E-state index contributed by atoms with van der Waals surface area (Å²) in [5, 5.41) is 4.60. The van der Waals surface area contributed by atoms with Crippen LogP contribution in [0.4, 0.5) is 0 Å². The Bertz CT molecular complexity index is 109. The molecule has 0 bridgehead atoms. The summed E-state index contributed by atoms with van der Waals surface area (Å²) >= 11 is 2.01. The van der Waals surface area contributed by atoms with Crippen molar-refractivity contribution in [2.24, 2.45) is 0 Å². The van der Waals surface area contributed by atoms with Crippen LogP contribution in [-0.4, -0.2) is 30.9 Å². The first-order valence-corrected chi connectivity index (χ1v) is 5.06. The van der Waals surface area contributed by atoms with Crippen molar-refractivity contribution in [1.82, 2.24) is 5.32 Å². The van der Waals surface area contributed by atoms with Crippen molar-refractivity contribution in [1.29, 1.82) is 0 Å². The maximum absolute atomic E-state index is 5.34. The predicted molar refractivity (Wildman–Crippen MR) is 49.9 cm³/mol. The van der Waals surface area contributed by atoms with E-state index in [9.17, 15) is 0 Å². The third-order valence-electron chi connectivity index (χ3n) is 2.12. The number of hydrogen-bond acceptors (Lipinski definition) is 3. The van der Waals surface area contributed by atoms with Gasteiger partial charge < -0.3 is 10.1 Å². The second-order valence-electron chi connectivity index (χ2n) is 3.05. The van der Waals surface area contributed by atoms with E-state index in [1.54, 1.807) is 7.11 Å². The summed E-state index contributed by atoms with van der Waals surface area (Å²) in [5.41, 5.74) is 0. The molecule has 0 amide bonds. The zero-order valence-electron chi connectivity index (χ0n) is 7.46. The highest BCUT2D eigenvalue weighted by atomic mass is 32.2. The Kier molecular flexibility index (Phi) is 3.69. The molecule has 0 radical (unpaired) electrons. The summed E-state index contributed by atoms with van der Waals surface area (Å²) < 4.78 is 5.34. The predicted octanol–water partition coefficient (Wildman–Crippen LogP) is 1.46. The quantitative estimate of drug-likeness (QED) is 0.686. The van der Waals surface area contributed by atoms with Crippen molar-refractivity contribution in [3.05, 3.63) is 0 Å². The van der Waals surface area contributed by atoms with Crippen molar-refractivity contribution < 1.29 is 4.74 Å². The molecule has 11 heavy (non-hydrogen) atoms. The molecule has 0 aromatic heterocycles. The molecule has 1 fully saturated rings. The van der Waals surface area contributed by atoms with Crippen LogP contribution in [0.3, 0.4) is 0 Å². The average Bonchev–Trinajstić information content (AvgIpc) is 2.03. The Morgan fingerprint density at radius 3 is 2.73 bits per heavy atom. The molecule has 3 unspecified atom stereocenters. The van der Waals surface area contributed by atoms with E-state index in [1.165, 1.54) is 6.42 Å². The van der Waals surface area contributed by atoms with Crippen LogP contribution in [0.25, 0.3) is 0 Å². The van der Waals surface area contributed by atoms with Gasteiger partial charge in [0.2, 0.25) is 0 Å². The largest absolute Gasteiger partial charge is 0.381 e. The van der Waals surface area contributed by atoms with E-state index in [-0.39, 0.29) is 0 Å². The molecule has 0 aromatic carbocycles. The monoisotopic (exact) mass is 175 g/mol. The molecular formula is C8H17NOS. The molecule has 3 atom stereocenters. The van der Waals surface area contributed by atoms with Gasteiger partial charge in [0, 0.05) is 12.4 Å². The van der Waals surface area contributed by atoms with Gasteiger partial charge in [0.15, 0.2) is 0 Å². The standard InChI is InChI=1S/C8H17NOS/c1-6-4-7(10-3)5-8(9-2)11-6/h6-9H,4-5H2,1-3H3. The first-order valence-electron chi connectivity index (χ1n) is 4.11. The summed E-state index contributed by atoms with van der Waals surface area (Å²) in [5.74, 6) is 0. The van der Waals surface area contributed by atoms with E-state index in [0.717, 1.165) is 11.7 Å². The number of nitrogens with one attached hydrogen (secondary N) is 1. The lowest BCUT2D eigenvalue weighted by atomic mass is 10.1. The molecule has 0 saturated carbocycles. The Labute approximate surface area is 73.1 Å². The summed E-state index contributed by atoms with van der Waals surface area (Å²) in [7, 11) is 3.82. The highest BCUT2D eigenvalue weighted by Crippen LogP contribution is 2.30. The number of thioether (sulfide) groups is 1. The maximum atomic E-state index is 5.34. The van der Waals surface area contributed by atoms with Crippen LogP contribution in [0.2, 0.25) is 0 Å². The lowest BCUT2D eigenvalue weighted by Gasteiger charge is -2.31. The average molecular weight is 175 g/mol. The van der Waals surface area contributed by atoms with Gasteiger partial charge in [0.1, 0.15) is 0 Å². The summed E-state index contributed by atoms with van der Waals surface area (Å²) in [6, 6.07) is 0. The first-order chi connectivity index (χ1) is 5.26. The zero-order chi connectivity index (χ0) is 8.27. The van der Waals surface area contributed by atoms with Gasteiger partial charge in [0.25, 0.3) is 0 Å². The van der Waals surface area contributed by atoms with Crippen LogP contribution >= 0.6 is 11.8 Å². The molecule has 0 aliphatic carbocycles. The summed E-state index contributed by atoms with van der Waals surface area (Å²) in [4.78, 5) is 0. The van der Waals surface area contributed by atoms with Crippen LogP contribution in [0.5, 0.6) is 0 Å². The Morgan fingerprint density at radius 1 is 1.45 bits per heavy atom. The Morgan fingerprint density at radius 2 is 2.18 bits per heavy atom. The van der Waals surface area contributed by atoms with Crippen LogP contribution < -0.4 is 5.32 Å². The molecule has 3 heteroatoms. The first kappa shape index (κ1) is 9.36. The molecule has 1 heterocycles. The lowest BCUT2D eigenvalue weighted by Crippen LogP contribution is -2.35. The van der Waals surface area contributed by atoms with Crippen LogP contribution in [0, 0.1) is 0 Å². The summed E-state index contributed by atoms with van der Waals surface area (Å²) in [6.45, 7) is 2.26. The van der Waals surface area contributed by atoms with Gasteiger partial charge in [-0.25, -0.2) is 0 Å². The molecule has 0 aromatic rings. The van der Waals surface area contributed by atoms with E-state index < -0.39 is 0 Å². The van der Waals surface area contributed by atoms with E-state index in [4.69, 9.17) is 4.74 Å². The minimum absolute atomic E-state index is 0.462. The van der Waals surface area contributed by atoms with Crippen molar-refractivity contribution >= 4 is 11.8 Å².